The minimum absolute atomic E-state index is 0.0567. The van der Waals surface area contributed by atoms with Gasteiger partial charge < -0.3 is 5.32 Å². The van der Waals surface area contributed by atoms with E-state index in [-0.39, 0.29) is 24.8 Å². The Kier molecular flexibility index (Phi) is 5.14. The van der Waals surface area contributed by atoms with Crippen LogP contribution in [0.1, 0.15) is 32.7 Å². The Labute approximate surface area is 150 Å². The van der Waals surface area contributed by atoms with Crippen molar-refractivity contribution in [1.29, 1.82) is 0 Å². The molecule has 0 unspecified atom stereocenters. The van der Waals surface area contributed by atoms with Gasteiger partial charge in [-0.25, -0.2) is 0 Å². The van der Waals surface area contributed by atoms with Crippen LogP contribution in [-0.4, -0.2) is 35.7 Å². The summed E-state index contributed by atoms with van der Waals surface area (Å²) in [5.41, 5.74) is 1.76. The van der Waals surface area contributed by atoms with Gasteiger partial charge in [0.25, 0.3) is 11.8 Å². The molecule has 0 radical (unpaired) electrons. The van der Waals surface area contributed by atoms with Crippen molar-refractivity contribution in [3.63, 3.8) is 0 Å². The molecule has 0 aromatic heterocycles. The van der Waals surface area contributed by atoms with E-state index in [1.54, 1.807) is 6.07 Å². The summed E-state index contributed by atoms with van der Waals surface area (Å²) in [5.74, 6) is -0.973. The summed E-state index contributed by atoms with van der Waals surface area (Å²) in [6.07, 6.45) is 0.812. The van der Waals surface area contributed by atoms with Crippen LogP contribution >= 0.6 is 11.6 Å². The van der Waals surface area contributed by atoms with Gasteiger partial charge in [0.05, 0.1) is 11.1 Å². The lowest BCUT2D eigenvalue weighted by Gasteiger charge is -2.13. The van der Waals surface area contributed by atoms with Gasteiger partial charge in [-0.2, -0.15) is 0 Å². The number of hydrogen-bond donors (Lipinski definition) is 1. The molecule has 6 heteroatoms. The zero-order valence-corrected chi connectivity index (χ0v) is 14.3. The van der Waals surface area contributed by atoms with E-state index in [1.807, 2.05) is 30.3 Å². The molecule has 0 fully saturated rings. The molecule has 0 bridgehead atoms. The third-order valence-electron chi connectivity index (χ3n) is 4.07. The van der Waals surface area contributed by atoms with Crippen LogP contribution in [0.15, 0.2) is 48.5 Å². The molecule has 1 aliphatic heterocycles. The minimum atomic E-state index is -0.403. The standard InChI is InChI=1S/C19H17ClN2O3/c20-14-6-7-15-16(12-14)19(25)22(18(15)24)11-9-17(23)21-10-8-13-4-2-1-3-5-13/h1-7,12H,8-11H2,(H,21,23). The number of hydrogen-bond acceptors (Lipinski definition) is 3. The van der Waals surface area contributed by atoms with Crippen LogP contribution in [0.3, 0.4) is 0 Å². The lowest BCUT2D eigenvalue weighted by molar-refractivity contribution is -0.121. The number of carbonyl (C=O) groups is 3. The predicted octanol–water partition coefficient (Wildman–Crippen LogP) is 2.69. The Morgan fingerprint density at radius 3 is 2.48 bits per heavy atom. The fourth-order valence-electron chi connectivity index (χ4n) is 2.76. The first kappa shape index (κ1) is 17.2. The number of fused-ring (bicyclic) bond motifs is 1. The first-order valence-corrected chi connectivity index (χ1v) is 8.40. The van der Waals surface area contributed by atoms with Gasteiger partial charge in [-0.05, 0) is 30.2 Å². The van der Waals surface area contributed by atoms with E-state index in [9.17, 15) is 14.4 Å². The lowest BCUT2D eigenvalue weighted by Crippen LogP contribution is -2.35. The molecule has 0 atom stereocenters. The van der Waals surface area contributed by atoms with Gasteiger partial charge in [-0.1, -0.05) is 41.9 Å². The Morgan fingerprint density at radius 1 is 1.00 bits per heavy atom. The number of benzene rings is 2. The van der Waals surface area contributed by atoms with Crippen molar-refractivity contribution in [3.05, 3.63) is 70.2 Å². The molecule has 1 aliphatic rings. The predicted molar refractivity (Wildman–Crippen MR) is 94.6 cm³/mol. The first-order chi connectivity index (χ1) is 12.1. The zero-order chi connectivity index (χ0) is 17.8. The lowest BCUT2D eigenvalue weighted by atomic mass is 10.1. The number of nitrogens with one attached hydrogen (secondary N) is 1. The average molecular weight is 357 g/mol. The Bertz CT molecular complexity index is 821. The number of carbonyl (C=O) groups excluding carboxylic acids is 3. The zero-order valence-electron chi connectivity index (χ0n) is 13.5. The summed E-state index contributed by atoms with van der Waals surface area (Å²) in [7, 11) is 0. The quantitative estimate of drug-likeness (QED) is 0.809. The van der Waals surface area contributed by atoms with E-state index in [0.29, 0.717) is 22.7 Å². The third-order valence-corrected chi connectivity index (χ3v) is 4.31. The van der Waals surface area contributed by atoms with Gasteiger partial charge in [0, 0.05) is 24.5 Å². The number of halogens is 1. The third kappa shape index (κ3) is 3.88. The van der Waals surface area contributed by atoms with Crippen molar-refractivity contribution >= 4 is 29.3 Å². The monoisotopic (exact) mass is 356 g/mol. The average Bonchev–Trinajstić information content (AvgIpc) is 2.84. The molecule has 1 heterocycles. The summed E-state index contributed by atoms with van der Waals surface area (Å²) in [6, 6.07) is 14.4. The summed E-state index contributed by atoms with van der Waals surface area (Å²) >= 11 is 5.87. The number of imide groups is 1. The van der Waals surface area contributed by atoms with Crippen molar-refractivity contribution in [1.82, 2.24) is 10.2 Å². The molecule has 0 saturated carbocycles. The highest BCUT2D eigenvalue weighted by Gasteiger charge is 2.35. The van der Waals surface area contributed by atoms with E-state index in [2.05, 4.69) is 5.32 Å². The second-order valence-corrected chi connectivity index (χ2v) is 6.22. The molecule has 3 amide bonds. The number of nitrogens with zero attached hydrogens (tertiary/aromatic N) is 1. The number of rotatable bonds is 6. The molecular formula is C19H17ClN2O3. The van der Waals surface area contributed by atoms with Crippen LogP contribution in [0, 0.1) is 0 Å². The molecule has 0 aliphatic carbocycles. The van der Waals surface area contributed by atoms with Crippen LogP contribution in [0.25, 0.3) is 0 Å². The van der Waals surface area contributed by atoms with Gasteiger partial charge in [0.15, 0.2) is 0 Å². The highest BCUT2D eigenvalue weighted by atomic mass is 35.5. The summed E-state index contributed by atoms with van der Waals surface area (Å²) in [6.45, 7) is 0.571. The Balaban J connectivity index is 1.49. The van der Waals surface area contributed by atoms with Crippen LogP contribution in [0.4, 0.5) is 0 Å². The maximum atomic E-state index is 12.3. The van der Waals surface area contributed by atoms with Crippen molar-refractivity contribution < 1.29 is 14.4 Å². The molecule has 2 aromatic carbocycles. The fourth-order valence-corrected chi connectivity index (χ4v) is 2.93. The van der Waals surface area contributed by atoms with Gasteiger partial charge in [0.2, 0.25) is 5.91 Å². The van der Waals surface area contributed by atoms with Crippen molar-refractivity contribution in [2.24, 2.45) is 0 Å². The second-order valence-electron chi connectivity index (χ2n) is 5.79. The highest BCUT2D eigenvalue weighted by molar-refractivity contribution is 6.32. The van der Waals surface area contributed by atoms with E-state index in [4.69, 9.17) is 11.6 Å². The molecule has 0 spiro atoms. The highest BCUT2D eigenvalue weighted by Crippen LogP contribution is 2.25. The molecule has 0 saturated heterocycles. The Morgan fingerprint density at radius 2 is 1.72 bits per heavy atom. The smallest absolute Gasteiger partial charge is 0.261 e. The van der Waals surface area contributed by atoms with E-state index >= 15 is 0 Å². The molecule has 25 heavy (non-hydrogen) atoms. The maximum Gasteiger partial charge on any atom is 0.261 e. The van der Waals surface area contributed by atoms with Gasteiger partial charge >= 0.3 is 0 Å². The normalized spacial score (nSPS) is 13.1. The van der Waals surface area contributed by atoms with E-state index < -0.39 is 5.91 Å². The van der Waals surface area contributed by atoms with E-state index in [1.165, 1.54) is 12.1 Å². The van der Waals surface area contributed by atoms with Crippen molar-refractivity contribution in [3.8, 4) is 0 Å². The van der Waals surface area contributed by atoms with Crippen molar-refractivity contribution in [2.75, 3.05) is 13.1 Å². The molecule has 1 N–H and O–H groups in total. The van der Waals surface area contributed by atoms with Crippen LogP contribution in [0.5, 0.6) is 0 Å². The fraction of sp³-hybridized carbons (Fsp3) is 0.211. The summed E-state index contributed by atoms with van der Waals surface area (Å²) < 4.78 is 0. The molecular weight excluding hydrogens is 340 g/mol. The topological polar surface area (TPSA) is 66.5 Å². The van der Waals surface area contributed by atoms with Gasteiger partial charge in [0.1, 0.15) is 0 Å². The Hall–Kier alpha value is -2.66. The summed E-state index contributed by atoms with van der Waals surface area (Å²) in [5, 5.41) is 3.21. The SMILES string of the molecule is O=C(CCN1C(=O)c2ccc(Cl)cc2C1=O)NCCc1ccccc1. The van der Waals surface area contributed by atoms with Gasteiger partial charge in [-0.3, -0.25) is 19.3 Å². The number of amides is 3. The summed E-state index contributed by atoms with van der Waals surface area (Å²) in [4.78, 5) is 37.6. The second kappa shape index (κ2) is 7.49. The molecule has 2 aromatic rings. The van der Waals surface area contributed by atoms with Crippen LogP contribution < -0.4 is 5.32 Å². The van der Waals surface area contributed by atoms with Crippen molar-refractivity contribution in [2.45, 2.75) is 12.8 Å². The molecule has 128 valence electrons. The molecule has 3 rings (SSSR count). The van der Waals surface area contributed by atoms with Gasteiger partial charge in [-0.15, -0.1) is 0 Å². The van der Waals surface area contributed by atoms with E-state index in [0.717, 1.165) is 16.9 Å². The molecule has 5 nitrogen and oxygen atoms in total. The van der Waals surface area contributed by atoms with Crippen LogP contribution in [-0.2, 0) is 11.2 Å². The largest absolute Gasteiger partial charge is 0.356 e. The minimum Gasteiger partial charge on any atom is -0.356 e. The first-order valence-electron chi connectivity index (χ1n) is 8.02. The maximum absolute atomic E-state index is 12.3. The van der Waals surface area contributed by atoms with Crippen LogP contribution in [0.2, 0.25) is 5.02 Å².